The number of furan rings is 2. The van der Waals surface area contributed by atoms with Gasteiger partial charge in [-0.2, -0.15) is 0 Å². The molecule has 2 aliphatic carbocycles. The molecule has 0 fully saturated rings. The summed E-state index contributed by atoms with van der Waals surface area (Å²) in [7, 11) is 0. The van der Waals surface area contributed by atoms with Gasteiger partial charge >= 0.3 is 0 Å². The van der Waals surface area contributed by atoms with Gasteiger partial charge in [0, 0.05) is 43.8 Å². The number of fused-ring (bicyclic) bond motifs is 10. The maximum Gasteiger partial charge on any atom is 0.164 e. The van der Waals surface area contributed by atoms with Crippen molar-refractivity contribution in [3.05, 3.63) is 170 Å². The standard InChI is InChI=1S/C52H35N3O2/c1-52-27-7-6-14-36(52)30-35(26-28-52)50-53-49(34-23-22-31-11-2-3-13-33(31)29-34)54-51(55-50)42-20-10-21-43-46(42)41-19-9-17-39(48(41)56-43)38-16-8-18-40-45-37-15-5-4-12-32(37)24-25-44(45)57-47(38)40/h2-27,29,36H,28,30H2,1H3. The van der Waals surface area contributed by atoms with Gasteiger partial charge in [-0.3, -0.25) is 0 Å². The van der Waals surface area contributed by atoms with Gasteiger partial charge < -0.3 is 8.83 Å². The molecule has 0 spiro atoms. The summed E-state index contributed by atoms with van der Waals surface area (Å²) in [6.07, 6.45) is 13.2. The predicted octanol–water partition coefficient (Wildman–Crippen LogP) is 13.9. The van der Waals surface area contributed by atoms with Gasteiger partial charge in [-0.1, -0.05) is 153 Å². The highest BCUT2D eigenvalue weighted by atomic mass is 16.3. The van der Waals surface area contributed by atoms with E-state index >= 15 is 0 Å². The molecule has 57 heavy (non-hydrogen) atoms. The first kappa shape index (κ1) is 32.2. The molecule has 3 aromatic heterocycles. The van der Waals surface area contributed by atoms with E-state index < -0.39 is 0 Å². The lowest BCUT2D eigenvalue weighted by molar-refractivity contribution is 0.301. The van der Waals surface area contributed by atoms with E-state index in [1.165, 1.54) is 16.2 Å². The number of aromatic nitrogens is 3. The SMILES string of the molecule is CC12C=CC=CC1CC(c1nc(-c3ccc4ccccc4c3)nc(-c3cccc4oc5c(-c6cccc7c6oc6ccc8ccccc8c67)cccc5c34)n1)=CC2. The van der Waals surface area contributed by atoms with Crippen molar-refractivity contribution >= 4 is 71.0 Å². The van der Waals surface area contributed by atoms with Crippen molar-refractivity contribution in [2.24, 2.45) is 11.3 Å². The van der Waals surface area contributed by atoms with Crippen molar-refractivity contribution in [3.8, 4) is 33.9 Å². The van der Waals surface area contributed by atoms with E-state index in [4.69, 9.17) is 23.8 Å². The third-order valence-corrected chi connectivity index (χ3v) is 12.4. The first-order valence-corrected chi connectivity index (χ1v) is 19.7. The molecule has 2 atom stereocenters. The van der Waals surface area contributed by atoms with E-state index in [9.17, 15) is 0 Å². The van der Waals surface area contributed by atoms with Crippen molar-refractivity contribution in [2.45, 2.75) is 19.8 Å². The lowest BCUT2D eigenvalue weighted by Gasteiger charge is -2.38. The van der Waals surface area contributed by atoms with Gasteiger partial charge in [-0.05, 0) is 69.5 Å². The molecule has 7 aromatic carbocycles. The summed E-state index contributed by atoms with van der Waals surface area (Å²) in [5.41, 5.74) is 8.37. The zero-order valence-corrected chi connectivity index (χ0v) is 31.2. The molecule has 2 unspecified atom stereocenters. The zero-order chi connectivity index (χ0) is 37.7. The number of nitrogens with zero attached hydrogens (tertiary/aromatic N) is 3. The highest BCUT2D eigenvalue weighted by Crippen LogP contribution is 2.47. The quantitative estimate of drug-likeness (QED) is 0.180. The predicted molar refractivity (Wildman–Crippen MR) is 233 cm³/mol. The van der Waals surface area contributed by atoms with Gasteiger partial charge in [0.2, 0.25) is 0 Å². The third kappa shape index (κ3) is 4.98. The number of benzene rings is 7. The molecule has 3 heterocycles. The van der Waals surface area contributed by atoms with Gasteiger partial charge in [0.05, 0.1) is 0 Å². The molecule has 0 aliphatic heterocycles. The summed E-state index contributed by atoms with van der Waals surface area (Å²) in [5, 5.41) is 8.89. The van der Waals surface area contributed by atoms with Crippen molar-refractivity contribution in [2.75, 3.05) is 0 Å². The van der Waals surface area contributed by atoms with Crippen LogP contribution in [-0.2, 0) is 0 Å². The summed E-state index contributed by atoms with van der Waals surface area (Å²) >= 11 is 0. The second-order valence-electron chi connectivity index (χ2n) is 15.8. The number of hydrogen-bond donors (Lipinski definition) is 0. The van der Waals surface area contributed by atoms with E-state index in [1.54, 1.807) is 0 Å². The van der Waals surface area contributed by atoms with Gasteiger partial charge in [0.15, 0.2) is 17.5 Å². The zero-order valence-electron chi connectivity index (χ0n) is 31.2. The van der Waals surface area contributed by atoms with Gasteiger partial charge in [0.1, 0.15) is 22.3 Å². The van der Waals surface area contributed by atoms with Crippen LogP contribution in [0.15, 0.2) is 173 Å². The van der Waals surface area contributed by atoms with E-state index in [0.29, 0.717) is 17.6 Å². The summed E-state index contributed by atoms with van der Waals surface area (Å²) < 4.78 is 13.5. The van der Waals surface area contributed by atoms with Gasteiger partial charge in [0.25, 0.3) is 0 Å². The molecule has 2 aliphatic rings. The maximum atomic E-state index is 6.84. The second-order valence-corrected chi connectivity index (χ2v) is 15.8. The van der Waals surface area contributed by atoms with Crippen LogP contribution in [0.1, 0.15) is 25.6 Å². The minimum atomic E-state index is 0.0920. The van der Waals surface area contributed by atoms with Crippen LogP contribution in [0.4, 0.5) is 0 Å². The minimum absolute atomic E-state index is 0.0920. The van der Waals surface area contributed by atoms with E-state index in [1.807, 2.05) is 12.1 Å². The molecule has 0 bridgehead atoms. The van der Waals surface area contributed by atoms with Gasteiger partial charge in [-0.25, -0.2) is 15.0 Å². The van der Waals surface area contributed by atoms with Crippen molar-refractivity contribution in [1.82, 2.24) is 15.0 Å². The van der Waals surface area contributed by atoms with Crippen LogP contribution >= 0.6 is 0 Å². The van der Waals surface area contributed by atoms with Crippen LogP contribution in [0.3, 0.4) is 0 Å². The molecule has 12 rings (SSSR count). The number of para-hydroxylation sites is 2. The van der Waals surface area contributed by atoms with E-state index in [2.05, 4.69) is 159 Å². The molecule has 5 nitrogen and oxygen atoms in total. The highest BCUT2D eigenvalue weighted by Gasteiger charge is 2.35. The van der Waals surface area contributed by atoms with Crippen LogP contribution in [-0.4, -0.2) is 15.0 Å². The smallest absolute Gasteiger partial charge is 0.164 e. The van der Waals surface area contributed by atoms with Gasteiger partial charge in [-0.15, -0.1) is 0 Å². The fourth-order valence-corrected chi connectivity index (χ4v) is 9.31. The Morgan fingerprint density at radius 2 is 1.19 bits per heavy atom. The Hall–Kier alpha value is -7.11. The molecule has 0 amide bonds. The van der Waals surface area contributed by atoms with E-state index in [0.717, 1.165) is 95.8 Å². The summed E-state index contributed by atoms with van der Waals surface area (Å²) in [6, 6.07) is 46.5. The summed E-state index contributed by atoms with van der Waals surface area (Å²) in [6.45, 7) is 2.35. The fraction of sp³-hybridized carbons (Fsp3) is 0.0962. The maximum absolute atomic E-state index is 6.84. The number of rotatable bonds is 4. The third-order valence-electron chi connectivity index (χ3n) is 12.4. The molecular formula is C52H35N3O2. The van der Waals surface area contributed by atoms with Crippen LogP contribution in [0.5, 0.6) is 0 Å². The van der Waals surface area contributed by atoms with Crippen molar-refractivity contribution in [3.63, 3.8) is 0 Å². The summed E-state index contributed by atoms with van der Waals surface area (Å²) in [5.74, 6) is 2.38. The lowest BCUT2D eigenvalue weighted by Crippen LogP contribution is -2.28. The molecular weight excluding hydrogens is 699 g/mol. The Morgan fingerprint density at radius 1 is 0.544 bits per heavy atom. The first-order chi connectivity index (χ1) is 28.1. The average molecular weight is 734 g/mol. The normalized spacial score (nSPS) is 18.0. The fourth-order valence-electron chi connectivity index (χ4n) is 9.31. The van der Waals surface area contributed by atoms with E-state index in [-0.39, 0.29) is 5.41 Å². The Bertz CT molecular complexity index is 3400. The Balaban J connectivity index is 1.06. The Labute approximate surface area is 328 Å². The van der Waals surface area contributed by atoms with Crippen LogP contribution in [0.2, 0.25) is 0 Å². The molecule has 0 saturated carbocycles. The van der Waals surface area contributed by atoms with Crippen molar-refractivity contribution < 1.29 is 8.83 Å². The van der Waals surface area contributed by atoms with Crippen molar-refractivity contribution in [1.29, 1.82) is 0 Å². The molecule has 0 radical (unpaired) electrons. The molecule has 5 heteroatoms. The summed E-state index contributed by atoms with van der Waals surface area (Å²) in [4.78, 5) is 15.7. The average Bonchev–Trinajstić information content (AvgIpc) is 3.85. The molecule has 270 valence electrons. The lowest BCUT2D eigenvalue weighted by atomic mass is 9.66. The second kappa shape index (κ2) is 12.2. The molecule has 10 aromatic rings. The van der Waals surface area contributed by atoms with Crippen LogP contribution in [0.25, 0.3) is 105 Å². The Kier molecular flexibility index (Phi) is 6.88. The highest BCUT2D eigenvalue weighted by molar-refractivity contribution is 6.22. The minimum Gasteiger partial charge on any atom is -0.455 e. The monoisotopic (exact) mass is 733 g/mol. The molecule has 0 saturated heterocycles. The number of allylic oxidation sites excluding steroid dienone is 6. The molecule has 0 N–H and O–H groups in total. The van der Waals surface area contributed by atoms with Crippen LogP contribution in [0, 0.1) is 11.3 Å². The Morgan fingerprint density at radius 3 is 2.04 bits per heavy atom. The largest absolute Gasteiger partial charge is 0.455 e. The first-order valence-electron chi connectivity index (χ1n) is 19.7. The van der Waals surface area contributed by atoms with Crippen LogP contribution < -0.4 is 0 Å². The number of hydrogen-bond acceptors (Lipinski definition) is 5. The topological polar surface area (TPSA) is 65.0 Å².